The molecule has 2 unspecified atom stereocenters. The molecule has 0 radical (unpaired) electrons. The number of likely N-dealkylation sites (N-methyl/N-ethyl adjacent to an activating group) is 1. The van der Waals surface area contributed by atoms with Crippen molar-refractivity contribution in [2.24, 2.45) is 0 Å². The van der Waals surface area contributed by atoms with Gasteiger partial charge >= 0.3 is 5.97 Å². The fraction of sp³-hybridized carbons (Fsp3) is 0.375. The quantitative estimate of drug-likeness (QED) is 0.246. The van der Waals surface area contributed by atoms with E-state index in [0.29, 0.717) is 22.2 Å². The third-order valence-corrected chi connectivity index (χ3v) is 8.28. The molecule has 33 heavy (non-hydrogen) atoms. The van der Waals surface area contributed by atoms with Crippen molar-refractivity contribution in [3.63, 3.8) is 0 Å². The molecule has 178 valence electrons. The minimum Gasteiger partial charge on any atom is -0.593 e. The highest BCUT2D eigenvalue weighted by atomic mass is 79.9. The molecule has 0 aliphatic carbocycles. The van der Waals surface area contributed by atoms with Gasteiger partial charge in [0.15, 0.2) is 0 Å². The molecule has 1 aliphatic rings. The van der Waals surface area contributed by atoms with E-state index in [-0.39, 0.29) is 11.3 Å². The molecule has 1 aliphatic heterocycles. The van der Waals surface area contributed by atoms with E-state index in [0.717, 1.165) is 37.1 Å². The summed E-state index contributed by atoms with van der Waals surface area (Å²) in [5.41, 5.74) is 1.39. The van der Waals surface area contributed by atoms with Crippen molar-refractivity contribution in [2.45, 2.75) is 50.0 Å². The lowest BCUT2D eigenvalue weighted by Gasteiger charge is -2.40. The first-order valence-electron chi connectivity index (χ1n) is 10.8. The predicted octanol–water partition coefficient (Wildman–Crippen LogP) is 6.17. The van der Waals surface area contributed by atoms with Crippen LogP contribution in [0.2, 0.25) is 0 Å². The fourth-order valence-electron chi connectivity index (χ4n) is 4.03. The van der Waals surface area contributed by atoms with Crippen LogP contribution in [0.15, 0.2) is 63.9 Å². The Morgan fingerprint density at radius 2 is 2.03 bits per heavy atom. The molecule has 3 rings (SSSR count). The van der Waals surface area contributed by atoms with Crippen molar-refractivity contribution in [1.82, 2.24) is 4.31 Å². The number of aliphatic carboxylic acids is 1. The monoisotopic (exact) mass is 538 g/mol. The van der Waals surface area contributed by atoms with E-state index in [1.54, 1.807) is 12.1 Å². The molecule has 0 aromatic heterocycles. The van der Waals surface area contributed by atoms with Gasteiger partial charge in [-0.2, -0.15) is 4.39 Å². The molecule has 2 aromatic rings. The molecule has 1 heterocycles. The molecule has 0 bridgehead atoms. The number of anilines is 2. The van der Waals surface area contributed by atoms with Crippen LogP contribution < -0.4 is 9.64 Å². The van der Waals surface area contributed by atoms with Gasteiger partial charge in [-0.3, -0.25) is 0 Å². The molecule has 0 saturated carbocycles. The van der Waals surface area contributed by atoms with Crippen molar-refractivity contribution >= 4 is 44.6 Å². The van der Waals surface area contributed by atoms with Crippen molar-refractivity contribution in [3.05, 3.63) is 59.0 Å². The molecule has 1 N–H and O–H groups in total. The SMILES string of the molecule is CCCCC1(CC)CN(c2ccccc2)c2cc(Br)c(O/C=C(\F)C(=O)O)cc2[S+]([O-])N1C. The van der Waals surface area contributed by atoms with Crippen LogP contribution in [-0.2, 0) is 16.2 Å². The lowest BCUT2D eigenvalue weighted by atomic mass is 9.88. The van der Waals surface area contributed by atoms with Crippen molar-refractivity contribution in [2.75, 3.05) is 18.5 Å². The number of hydrogen-bond donors (Lipinski definition) is 1. The second-order valence-electron chi connectivity index (χ2n) is 7.99. The summed E-state index contributed by atoms with van der Waals surface area (Å²) < 4.78 is 35.0. The first-order valence-corrected chi connectivity index (χ1v) is 12.7. The highest BCUT2D eigenvalue weighted by Gasteiger charge is 2.46. The third-order valence-electron chi connectivity index (χ3n) is 6.08. The second kappa shape index (κ2) is 10.9. The molecular formula is C24H28BrFN2O4S. The Morgan fingerprint density at radius 3 is 2.64 bits per heavy atom. The van der Waals surface area contributed by atoms with Gasteiger partial charge in [0.1, 0.15) is 17.7 Å². The van der Waals surface area contributed by atoms with Crippen LogP contribution in [0.25, 0.3) is 0 Å². The number of hydrogen-bond acceptors (Lipinski definition) is 5. The van der Waals surface area contributed by atoms with Gasteiger partial charge in [-0.25, -0.2) is 4.79 Å². The lowest BCUT2D eigenvalue weighted by molar-refractivity contribution is -0.134. The molecule has 0 fully saturated rings. The number of nitrogens with zero attached hydrogens (tertiary/aromatic N) is 2. The molecule has 9 heteroatoms. The number of unbranched alkanes of at least 4 members (excludes halogenated alkanes) is 1. The van der Waals surface area contributed by atoms with Crippen molar-refractivity contribution in [1.29, 1.82) is 0 Å². The number of carbonyl (C=O) groups is 1. The van der Waals surface area contributed by atoms with Crippen molar-refractivity contribution in [3.8, 4) is 5.75 Å². The molecular weight excluding hydrogens is 511 g/mol. The third kappa shape index (κ3) is 5.37. The summed E-state index contributed by atoms with van der Waals surface area (Å²) in [5.74, 6) is -2.97. The number of fused-ring (bicyclic) bond motifs is 1. The molecule has 0 saturated heterocycles. The Morgan fingerprint density at radius 1 is 1.33 bits per heavy atom. The predicted molar refractivity (Wildman–Crippen MR) is 132 cm³/mol. The number of ether oxygens (including phenoxy) is 1. The Kier molecular flexibility index (Phi) is 8.44. The Balaban J connectivity index is 2.16. The average Bonchev–Trinajstić information content (AvgIpc) is 2.90. The van der Waals surface area contributed by atoms with Gasteiger partial charge < -0.3 is 19.3 Å². The Bertz CT molecular complexity index is 1020. The first kappa shape index (κ1) is 25.6. The number of para-hydroxylation sites is 1. The largest absolute Gasteiger partial charge is 0.593 e. The molecule has 2 atom stereocenters. The first-order chi connectivity index (χ1) is 15.7. The summed E-state index contributed by atoms with van der Waals surface area (Å²) >= 11 is 1.92. The van der Waals surface area contributed by atoms with E-state index in [2.05, 4.69) is 34.7 Å². The smallest absolute Gasteiger partial charge is 0.368 e. The topological polar surface area (TPSA) is 76.1 Å². The number of rotatable bonds is 8. The highest BCUT2D eigenvalue weighted by molar-refractivity contribution is 9.10. The van der Waals surface area contributed by atoms with Crippen LogP contribution in [0.4, 0.5) is 15.8 Å². The molecule has 0 amide bonds. The maximum absolute atomic E-state index is 13.8. The van der Waals surface area contributed by atoms with Gasteiger partial charge in [-0.05, 0) is 47.0 Å². The van der Waals surface area contributed by atoms with Crippen LogP contribution in [0.5, 0.6) is 5.75 Å². The molecule has 2 aromatic carbocycles. The number of carboxylic acids is 1. The van der Waals surface area contributed by atoms with Gasteiger partial charge in [0.25, 0.3) is 0 Å². The lowest BCUT2D eigenvalue weighted by Crippen LogP contribution is -2.53. The van der Waals surface area contributed by atoms with E-state index in [1.807, 2.05) is 41.7 Å². The summed E-state index contributed by atoms with van der Waals surface area (Å²) in [6.45, 7) is 4.90. The van der Waals surface area contributed by atoms with Gasteiger partial charge in [0, 0.05) is 25.3 Å². The molecule has 0 spiro atoms. The van der Waals surface area contributed by atoms with Crippen LogP contribution in [-0.4, -0.2) is 39.1 Å². The summed E-state index contributed by atoms with van der Waals surface area (Å²) in [5, 5.41) is 8.75. The zero-order valence-electron chi connectivity index (χ0n) is 18.9. The minimum atomic E-state index is -1.72. The minimum absolute atomic E-state index is 0.178. The zero-order chi connectivity index (χ0) is 24.2. The summed E-state index contributed by atoms with van der Waals surface area (Å²) in [6.07, 6.45) is 4.27. The average molecular weight is 539 g/mol. The number of benzene rings is 2. The number of halogens is 2. The standard InChI is InChI=1S/C24H28BrFN2O4S/c1-4-6-12-24(5-2)16-28(17-10-8-7-9-11-17)20-13-18(25)21(32-15-19(26)23(29)30)14-22(20)33(31)27(24)3/h7-11,13-15H,4-6,12,16H2,1-3H3,(H,29,30)/b19-15-. The number of carboxylic acid groups (broad SMARTS) is 1. The van der Waals surface area contributed by atoms with Crippen LogP contribution in [0.1, 0.15) is 39.5 Å². The fourth-order valence-corrected chi connectivity index (χ4v) is 5.93. The van der Waals surface area contributed by atoms with E-state index in [1.165, 1.54) is 0 Å². The van der Waals surface area contributed by atoms with Gasteiger partial charge in [-0.1, -0.05) is 44.9 Å². The van der Waals surface area contributed by atoms with E-state index in [4.69, 9.17) is 9.84 Å². The summed E-state index contributed by atoms with van der Waals surface area (Å²) in [4.78, 5) is 13.4. The van der Waals surface area contributed by atoms with Gasteiger partial charge in [0.05, 0.1) is 21.4 Å². The Labute approximate surface area is 205 Å². The highest BCUT2D eigenvalue weighted by Crippen LogP contribution is 2.46. The van der Waals surface area contributed by atoms with E-state index >= 15 is 0 Å². The van der Waals surface area contributed by atoms with E-state index in [9.17, 15) is 13.7 Å². The second-order valence-corrected chi connectivity index (χ2v) is 10.3. The summed E-state index contributed by atoms with van der Waals surface area (Å²) in [6, 6.07) is 13.3. The molecule has 6 nitrogen and oxygen atoms in total. The van der Waals surface area contributed by atoms with Crippen LogP contribution in [0.3, 0.4) is 0 Å². The zero-order valence-corrected chi connectivity index (χ0v) is 21.3. The van der Waals surface area contributed by atoms with E-state index < -0.39 is 23.2 Å². The summed E-state index contributed by atoms with van der Waals surface area (Å²) in [7, 11) is 1.88. The van der Waals surface area contributed by atoms with Gasteiger partial charge in [-0.15, -0.1) is 4.31 Å². The Hall–Kier alpha value is -2.07. The normalized spacial score (nSPS) is 21.5. The van der Waals surface area contributed by atoms with Crippen LogP contribution in [0, 0.1) is 0 Å². The van der Waals surface area contributed by atoms with Crippen LogP contribution >= 0.6 is 15.9 Å². The maximum Gasteiger partial charge on any atom is 0.368 e. The van der Waals surface area contributed by atoms with Gasteiger partial charge in [0.2, 0.25) is 10.7 Å². The maximum atomic E-state index is 13.8. The van der Waals surface area contributed by atoms with Crippen molar-refractivity contribution < 1.29 is 23.6 Å².